The van der Waals surface area contributed by atoms with Crippen LogP contribution in [-0.4, -0.2) is 49.3 Å². The zero-order valence-electron chi connectivity index (χ0n) is 11.4. The lowest BCUT2D eigenvalue weighted by Crippen LogP contribution is -2.35. The number of aliphatic carboxylic acids is 1. The Morgan fingerprint density at radius 3 is 2.55 bits per heavy atom. The van der Waals surface area contributed by atoms with Gasteiger partial charge in [-0.1, -0.05) is 0 Å². The van der Waals surface area contributed by atoms with Gasteiger partial charge >= 0.3 is 5.97 Å². The van der Waals surface area contributed by atoms with E-state index < -0.39 is 5.97 Å². The smallest absolute Gasteiger partial charge is 0.323 e. The van der Waals surface area contributed by atoms with Crippen LogP contribution in [0.4, 0.5) is 0 Å². The Morgan fingerprint density at radius 1 is 1.35 bits per heavy atom. The molecule has 0 fully saturated rings. The van der Waals surface area contributed by atoms with Gasteiger partial charge in [-0.25, -0.2) is 0 Å². The van der Waals surface area contributed by atoms with Crippen molar-refractivity contribution in [2.45, 2.75) is 6.92 Å². The van der Waals surface area contributed by atoms with Crippen molar-refractivity contribution in [3.63, 3.8) is 0 Å². The molecule has 20 heavy (non-hydrogen) atoms. The van der Waals surface area contributed by atoms with E-state index in [1.807, 2.05) is 12.1 Å². The molecule has 2 heterocycles. The summed E-state index contributed by atoms with van der Waals surface area (Å²) in [6, 6.07) is 3.69. The number of hydrogen-bond donors (Lipinski definition) is 1. The minimum Gasteiger partial charge on any atom is -0.480 e. The van der Waals surface area contributed by atoms with Gasteiger partial charge in [0.05, 0.1) is 6.20 Å². The average molecular weight is 276 g/mol. The predicted octanol–water partition coefficient (Wildman–Crippen LogP) is 0.757. The van der Waals surface area contributed by atoms with Crippen molar-refractivity contribution in [3.8, 4) is 5.82 Å². The van der Waals surface area contributed by atoms with Crippen LogP contribution < -0.4 is 0 Å². The summed E-state index contributed by atoms with van der Waals surface area (Å²) in [6.07, 6.45) is 5.07. The maximum atomic E-state index is 12.4. The molecule has 0 bridgehead atoms. The zero-order chi connectivity index (χ0) is 14.7. The first kappa shape index (κ1) is 13.9. The normalized spacial score (nSPS) is 10.5. The highest BCUT2D eigenvalue weighted by atomic mass is 16.4. The lowest BCUT2D eigenvalue weighted by Gasteiger charge is -2.18. The summed E-state index contributed by atoms with van der Waals surface area (Å²) < 4.78 is 3.36. The number of carbonyl (C=O) groups excluding carboxylic acids is 1. The molecule has 0 aliphatic rings. The summed E-state index contributed by atoms with van der Waals surface area (Å²) in [6.45, 7) is 1.74. The highest BCUT2D eigenvalue weighted by Crippen LogP contribution is 2.16. The number of carboxylic acids is 1. The number of nitrogens with zero attached hydrogens (tertiary/aromatic N) is 4. The highest BCUT2D eigenvalue weighted by Gasteiger charge is 2.23. The molecule has 0 spiro atoms. The van der Waals surface area contributed by atoms with E-state index in [9.17, 15) is 9.59 Å². The van der Waals surface area contributed by atoms with E-state index in [0.29, 0.717) is 17.9 Å². The van der Waals surface area contributed by atoms with Crippen LogP contribution in [-0.2, 0) is 11.8 Å². The summed E-state index contributed by atoms with van der Waals surface area (Å²) in [7, 11) is 1.74. The SMILES string of the molecule is CCN(CC(=O)O)C(=O)c1cnn(C)c1-n1cccc1. The molecule has 0 atom stereocenters. The molecular weight excluding hydrogens is 260 g/mol. The first-order valence-electron chi connectivity index (χ1n) is 6.21. The number of rotatable bonds is 5. The molecule has 7 nitrogen and oxygen atoms in total. The zero-order valence-corrected chi connectivity index (χ0v) is 11.4. The van der Waals surface area contributed by atoms with Crippen LogP contribution in [0.15, 0.2) is 30.7 Å². The fourth-order valence-corrected chi connectivity index (χ4v) is 2.02. The fraction of sp³-hybridized carbons (Fsp3) is 0.308. The standard InChI is InChI=1S/C13H16N4O3/c1-3-16(9-11(18)19)13(20)10-8-14-15(2)12(10)17-6-4-5-7-17/h4-8H,3,9H2,1-2H3,(H,18,19). The van der Waals surface area contributed by atoms with Gasteiger partial charge < -0.3 is 14.6 Å². The number of carboxylic acid groups (broad SMARTS) is 1. The number of hydrogen-bond acceptors (Lipinski definition) is 3. The Bertz CT molecular complexity index is 616. The summed E-state index contributed by atoms with van der Waals surface area (Å²) in [5, 5.41) is 12.9. The van der Waals surface area contributed by atoms with E-state index in [-0.39, 0.29) is 12.5 Å². The van der Waals surface area contributed by atoms with Gasteiger partial charge in [0.1, 0.15) is 17.9 Å². The van der Waals surface area contributed by atoms with Gasteiger partial charge in [0.2, 0.25) is 0 Å². The number of amides is 1. The molecule has 2 aromatic heterocycles. The molecule has 0 unspecified atom stereocenters. The molecule has 106 valence electrons. The minimum atomic E-state index is -1.04. The van der Waals surface area contributed by atoms with Crippen LogP contribution in [0.25, 0.3) is 5.82 Å². The summed E-state index contributed by atoms with van der Waals surface area (Å²) in [4.78, 5) is 24.5. The largest absolute Gasteiger partial charge is 0.480 e. The monoisotopic (exact) mass is 276 g/mol. The van der Waals surface area contributed by atoms with Crippen molar-refractivity contribution < 1.29 is 14.7 Å². The van der Waals surface area contributed by atoms with Crippen LogP contribution in [0.2, 0.25) is 0 Å². The lowest BCUT2D eigenvalue weighted by atomic mass is 10.2. The van der Waals surface area contributed by atoms with E-state index in [0.717, 1.165) is 0 Å². The summed E-state index contributed by atoms with van der Waals surface area (Å²) in [5.74, 6) is -0.762. The molecule has 1 amide bonds. The van der Waals surface area contributed by atoms with Gasteiger partial charge in [-0.05, 0) is 19.1 Å². The second-order valence-electron chi connectivity index (χ2n) is 4.31. The van der Waals surface area contributed by atoms with Gasteiger partial charge in [0.15, 0.2) is 0 Å². The number of carbonyl (C=O) groups is 2. The molecule has 0 radical (unpaired) electrons. The molecule has 7 heteroatoms. The van der Waals surface area contributed by atoms with Gasteiger partial charge in [0.25, 0.3) is 5.91 Å². The maximum absolute atomic E-state index is 12.4. The molecule has 0 aliphatic heterocycles. The molecule has 0 saturated heterocycles. The molecule has 0 saturated carbocycles. The van der Waals surface area contributed by atoms with Crippen molar-refractivity contribution in [3.05, 3.63) is 36.3 Å². The quantitative estimate of drug-likeness (QED) is 0.874. The van der Waals surface area contributed by atoms with Gasteiger partial charge in [-0.2, -0.15) is 5.10 Å². The van der Waals surface area contributed by atoms with Crippen LogP contribution in [0.5, 0.6) is 0 Å². The molecule has 1 N–H and O–H groups in total. The van der Waals surface area contributed by atoms with Crippen molar-refractivity contribution in [2.75, 3.05) is 13.1 Å². The average Bonchev–Trinajstić information content (AvgIpc) is 3.03. The van der Waals surface area contributed by atoms with Crippen LogP contribution in [0.3, 0.4) is 0 Å². The summed E-state index contributed by atoms with van der Waals surface area (Å²) in [5.41, 5.74) is 0.381. The fourth-order valence-electron chi connectivity index (χ4n) is 2.02. The van der Waals surface area contributed by atoms with Crippen LogP contribution in [0.1, 0.15) is 17.3 Å². The Kier molecular flexibility index (Phi) is 3.88. The Balaban J connectivity index is 2.38. The van der Waals surface area contributed by atoms with E-state index >= 15 is 0 Å². The minimum absolute atomic E-state index is 0.324. The third-order valence-electron chi connectivity index (χ3n) is 2.98. The van der Waals surface area contributed by atoms with Gasteiger partial charge in [-0.15, -0.1) is 0 Å². The second-order valence-corrected chi connectivity index (χ2v) is 4.31. The van der Waals surface area contributed by atoms with E-state index in [2.05, 4.69) is 5.10 Å². The molecular formula is C13H16N4O3. The third kappa shape index (κ3) is 2.56. The number of aromatic nitrogens is 3. The number of likely N-dealkylation sites (N-methyl/N-ethyl adjacent to an activating group) is 1. The van der Waals surface area contributed by atoms with Crippen molar-refractivity contribution >= 4 is 11.9 Å². The van der Waals surface area contributed by atoms with Crippen molar-refractivity contribution in [1.29, 1.82) is 0 Å². The predicted molar refractivity (Wildman–Crippen MR) is 71.7 cm³/mol. The maximum Gasteiger partial charge on any atom is 0.323 e. The molecule has 2 rings (SSSR count). The molecule has 2 aromatic rings. The Hall–Kier alpha value is -2.57. The Labute approximate surface area is 116 Å². The van der Waals surface area contributed by atoms with E-state index in [1.54, 1.807) is 35.6 Å². The first-order chi connectivity index (χ1) is 9.54. The van der Waals surface area contributed by atoms with E-state index in [4.69, 9.17) is 5.11 Å². The molecule has 0 aliphatic carbocycles. The van der Waals surface area contributed by atoms with E-state index in [1.165, 1.54) is 11.1 Å². The van der Waals surface area contributed by atoms with Crippen molar-refractivity contribution in [1.82, 2.24) is 19.2 Å². The Morgan fingerprint density at radius 2 is 2.00 bits per heavy atom. The van der Waals surface area contributed by atoms with Crippen molar-refractivity contribution in [2.24, 2.45) is 7.05 Å². The first-order valence-corrected chi connectivity index (χ1v) is 6.21. The summed E-state index contributed by atoms with van der Waals surface area (Å²) >= 11 is 0. The topological polar surface area (TPSA) is 80.4 Å². The second kappa shape index (κ2) is 5.60. The third-order valence-corrected chi connectivity index (χ3v) is 2.98. The lowest BCUT2D eigenvalue weighted by molar-refractivity contribution is -0.137. The van der Waals surface area contributed by atoms with Crippen LogP contribution in [0, 0.1) is 0 Å². The van der Waals surface area contributed by atoms with Crippen LogP contribution >= 0.6 is 0 Å². The molecule has 0 aromatic carbocycles. The number of aryl methyl sites for hydroxylation is 1. The highest BCUT2D eigenvalue weighted by molar-refractivity contribution is 5.98. The van der Waals surface area contributed by atoms with Gasteiger partial charge in [0, 0.05) is 26.0 Å². The van der Waals surface area contributed by atoms with Gasteiger partial charge in [-0.3, -0.25) is 14.3 Å².